The van der Waals surface area contributed by atoms with Gasteiger partial charge in [0.25, 0.3) is 5.91 Å². The number of benzene rings is 2. The van der Waals surface area contributed by atoms with Crippen molar-refractivity contribution in [2.45, 2.75) is 67.9 Å². The molecule has 1 amide bonds. The van der Waals surface area contributed by atoms with Crippen molar-refractivity contribution in [3.63, 3.8) is 0 Å². The Balaban J connectivity index is 0. The average molecular weight is 562 g/mol. The second-order valence-electron chi connectivity index (χ2n) is 8.30. The van der Waals surface area contributed by atoms with Crippen LogP contribution in [0.1, 0.15) is 76.4 Å². The van der Waals surface area contributed by atoms with Crippen molar-refractivity contribution >= 4 is 35.7 Å². The van der Waals surface area contributed by atoms with Crippen molar-refractivity contribution in [1.82, 2.24) is 10.2 Å². The first-order valence-corrected chi connectivity index (χ1v) is 13.8. The molecule has 0 aliphatic rings. The summed E-state index contributed by atoms with van der Waals surface area (Å²) in [4.78, 5) is 28.5. The minimum atomic E-state index is -0.207. The van der Waals surface area contributed by atoms with Crippen LogP contribution in [0.15, 0.2) is 53.7 Å². The third-order valence-electron chi connectivity index (χ3n) is 4.51. The number of carbonyl (C=O) groups is 2. The molecule has 218 valence electrons. The first-order valence-electron chi connectivity index (χ1n) is 13.4. The fourth-order valence-electron chi connectivity index (χ4n) is 2.91. The molecule has 0 heterocycles. The van der Waals surface area contributed by atoms with Crippen LogP contribution >= 0.6 is 11.6 Å². The summed E-state index contributed by atoms with van der Waals surface area (Å²) in [6.45, 7) is 19.9. The number of carbonyl (C=O) groups excluding carboxylic acids is 2. The van der Waals surface area contributed by atoms with Crippen molar-refractivity contribution in [1.29, 1.82) is 0 Å². The number of nitrogens with one attached hydrogen (secondary N) is 1. The zero-order chi connectivity index (χ0) is 30.4. The molecule has 0 atom stereocenters. The van der Waals surface area contributed by atoms with Crippen LogP contribution < -0.4 is 10.1 Å². The van der Waals surface area contributed by atoms with E-state index in [1.165, 1.54) is 5.56 Å². The highest BCUT2D eigenvalue weighted by atomic mass is 35.5. The standard InChI is InChI=1S/C14H18N2O.C13H18ClNO3.2C2H6/c1-11-5-7-13(8-6-11)14(15-3)10-16(4)9-12(2)17;1-9(2)18-12-5-4-10(8-11(12)14)13(17)15-6-3-7-16;2*1-2/h5-8,10H,3,9H2,1-2,4H3;4-5,8-9,16H,3,6-7H2,1-2H3,(H,15,17);2*1-2H3/b14-10-;;;. The molecule has 2 N–H and O–H groups in total. The molecule has 0 saturated heterocycles. The fourth-order valence-corrected chi connectivity index (χ4v) is 3.14. The molecular weight excluding hydrogens is 514 g/mol. The Labute approximate surface area is 240 Å². The van der Waals surface area contributed by atoms with Crippen LogP contribution in [0.4, 0.5) is 0 Å². The van der Waals surface area contributed by atoms with Gasteiger partial charge in [0.05, 0.1) is 23.4 Å². The summed E-state index contributed by atoms with van der Waals surface area (Å²) >= 11 is 6.03. The molecule has 0 aromatic heterocycles. The summed E-state index contributed by atoms with van der Waals surface area (Å²) in [7, 11) is 1.85. The number of aliphatic hydroxyl groups excluding tert-OH is 1. The maximum atomic E-state index is 11.7. The third-order valence-corrected chi connectivity index (χ3v) is 4.80. The predicted octanol–water partition coefficient (Wildman–Crippen LogP) is 6.81. The van der Waals surface area contributed by atoms with E-state index in [-0.39, 0.29) is 24.4 Å². The van der Waals surface area contributed by atoms with Gasteiger partial charge in [-0.1, -0.05) is 69.1 Å². The fraction of sp³-hybridized carbons (Fsp3) is 0.452. The number of hydrogen-bond acceptors (Lipinski definition) is 6. The van der Waals surface area contributed by atoms with Crippen LogP contribution in [-0.2, 0) is 4.79 Å². The lowest BCUT2D eigenvalue weighted by molar-refractivity contribution is -0.117. The van der Waals surface area contributed by atoms with Gasteiger partial charge in [0.1, 0.15) is 11.5 Å². The molecule has 39 heavy (non-hydrogen) atoms. The maximum absolute atomic E-state index is 11.7. The van der Waals surface area contributed by atoms with Gasteiger partial charge in [0, 0.05) is 37.5 Å². The molecule has 0 saturated carbocycles. The molecule has 0 bridgehead atoms. The number of aliphatic hydroxyl groups is 1. The monoisotopic (exact) mass is 561 g/mol. The van der Waals surface area contributed by atoms with Crippen LogP contribution in [-0.4, -0.2) is 61.3 Å². The van der Waals surface area contributed by atoms with Gasteiger partial charge in [0.15, 0.2) is 0 Å². The quantitative estimate of drug-likeness (QED) is 0.232. The van der Waals surface area contributed by atoms with E-state index in [9.17, 15) is 9.59 Å². The molecule has 2 aromatic rings. The highest BCUT2D eigenvalue weighted by molar-refractivity contribution is 6.32. The highest BCUT2D eigenvalue weighted by Crippen LogP contribution is 2.26. The Bertz CT molecular complexity index is 1010. The number of rotatable bonds is 11. The molecule has 0 fully saturated rings. The van der Waals surface area contributed by atoms with Crippen molar-refractivity contribution in [3.8, 4) is 5.75 Å². The van der Waals surface area contributed by atoms with E-state index in [0.717, 1.165) is 11.3 Å². The number of ketones is 1. The van der Waals surface area contributed by atoms with E-state index in [1.54, 1.807) is 25.1 Å². The van der Waals surface area contributed by atoms with Gasteiger partial charge in [-0.3, -0.25) is 14.6 Å². The van der Waals surface area contributed by atoms with Gasteiger partial charge >= 0.3 is 0 Å². The molecular formula is C31H48ClN3O4. The molecule has 2 aromatic carbocycles. The summed E-state index contributed by atoms with van der Waals surface area (Å²) < 4.78 is 5.48. The molecule has 0 radical (unpaired) electrons. The Kier molecular flexibility index (Phi) is 22.2. The van der Waals surface area contributed by atoms with Gasteiger partial charge < -0.3 is 20.1 Å². The lowest BCUT2D eigenvalue weighted by Gasteiger charge is -2.13. The Hall–Kier alpha value is -3.16. The Morgan fingerprint density at radius 2 is 1.67 bits per heavy atom. The van der Waals surface area contributed by atoms with E-state index in [4.69, 9.17) is 21.4 Å². The number of aliphatic imine (C=N–C) groups is 1. The van der Waals surface area contributed by atoms with Crippen molar-refractivity contribution < 1.29 is 19.4 Å². The topological polar surface area (TPSA) is 91.2 Å². The lowest BCUT2D eigenvalue weighted by atomic mass is 10.1. The smallest absolute Gasteiger partial charge is 0.251 e. The van der Waals surface area contributed by atoms with Gasteiger partial charge in [-0.25, -0.2) is 0 Å². The van der Waals surface area contributed by atoms with Crippen LogP contribution in [0.2, 0.25) is 5.02 Å². The van der Waals surface area contributed by atoms with Gasteiger partial charge in [-0.2, -0.15) is 0 Å². The largest absolute Gasteiger partial charge is 0.489 e. The second kappa shape index (κ2) is 22.8. The summed E-state index contributed by atoms with van der Waals surface area (Å²) in [6.07, 6.45) is 2.40. The van der Waals surface area contributed by atoms with Gasteiger partial charge in [-0.05, 0) is 59.0 Å². The van der Waals surface area contributed by atoms with E-state index in [2.05, 4.69) is 17.0 Å². The van der Waals surface area contributed by atoms with Crippen LogP contribution in [0.5, 0.6) is 5.75 Å². The Morgan fingerprint density at radius 3 is 2.13 bits per heavy atom. The minimum Gasteiger partial charge on any atom is -0.489 e. The summed E-state index contributed by atoms with van der Waals surface area (Å²) in [5.74, 6) is 0.482. The van der Waals surface area contributed by atoms with Crippen LogP contribution in [0.25, 0.3) is 5.70 Å². The molecule has 2 rings (SSSR count). The molecule has 8 heteroatoms. The van der Waals surface area contributed by atoms with Crippen molar-refractivity contribution in [2.24, 2.45) is 4.99 Å². The summed E-state index contributed by atoms with van der Waals surface area (Å²) in [5, 5.41) is 11.7. The second-order valence-corrected chi connectivity index (χ2v) is 8.71. The number of aryl methyl sites for hydroxylation is 1. The van der Waals surface area contributed by atoms with Gasteiger partial charge in [0.2, 0.25) is 0 Å². The summed E-state index contributed by atoms with van der Waals surface area (Å²) in [5.41, 5.74) is 3.46. The zero-order valence-corrected chi connectivity index (χ0v) is 25.9. The Morgan fingerprint density at radius 1 is 1.10 bits per heavy atom. The summed E-state index contributed by atoms with van der Waals surface area (Å²) in [6, 6.07) is 13.0. The molecule has 0 unspecified atom stereocenters. The first kappa shape index (κ1) is 38.0. The minimum absolute atomic E-state index is 0.0340. The third kappa shape index (κ3) is 17.1. The van der Waals surface area contributed by atoms with E-state index < -0.39 is 0 Å². The van der Waals surface area contributed by atoms with E-state index >= 15 is 0 Å². The highest BCUT2D eigenvalue weighted by Gasteiger charge is 2.10. The maximum Gasteiger partial charge on any atom is 0.251 e. The van der Waals surface area contributed by atoms with E-state index in [0.29, 0.717) is 35.8 Å². The first-order chi connectivity index (χ1) is 18.6. The average Bonchev–Trinajstić information content (AvgIpc) is 2.91. The number of halogens is 1. The molecule has 7 nitrogen and oxygen atoms in total. The van der Waals surface area contributed by atoms with E-state index in [1.807, 2.05) is 90.9 Å². The number of likely N-dealkylation sites (N-methyl/N-ethyl adjacent to an activating group) is 1. The van der Waals surface area contributed by atoms with Crippen LogP contribution in [0, 0.1) is 6.92 Å². The number of nitrogens with zero attached hydrogens (tertiary/aromatic N) is 2. The van der Waals surface area contributed by atoms with Gasteiger partial charge in [-0.15, -0.1) is 0 Å². The zero-order valence-electron chi connectivity index (χ0n) is 25.2. The molecule has 0 aliphatic heterocycles. The predicted molar refractivity (Wildman–Crippen MR) is 166 cm³/mol. The number of ether oxygens (including phenoxy) is 1. The molecule has 0 aliphatic carbocycles. The lowest BCUT2D eigenvalue weighted by Crippen LogP contribution is -2.25. The normalized spacial score (nSPS) is 10.0. The number of amides is 1. The number of hydrogen-bond donors (Lipinski definition) is 2. The molecule has 0 spiro atoms. The van der Waals surface area contributed by atoms with Crippen LogP contribution in [0.3, 0.4) is 0 Å². The number of Topliss-reactive ketones (excluding diaryl/α,β-unsaturated/α-hetero) is 1. The SMILES string of the molecule is C=N/C(=C\N(C)CC(C)=O)c1ccc(C)cc1.CC.CC.CC(C)Oc1ccc(C(=O)NCCCO)cc1Cl. The van der Waals surface area contributed by atoms with Crippen molar-refractivity contribution in [3.05, 3.63) is 70.4 Å². The van der Waals surface area contributed by atoms with Crippen molar-refractivity contribution in [2.75, 3.05) is 26.7 Å².